The summed E-state index contributed by atoms with van der Waals surface area (Å²) < 4.78 is 12.8. The van der Waals surface area contributed by atoms with Crippen molar-refractivity contribution in [2.75, 3.05) is 17.2 Å². The van der Waals surface area contributed by atoms with E-state index in [1.54, 1.807) is 6.92 Å². The van der Waals surface area contributed by atoms with E-state index in [9.17, 15) is 14.0 Å². The highest BCUT2D eigenvalue weighted by molar-refractivity contribution is 7.17. The van der Waals surface area contributed by atoms with Crippen LogP contribution in [0.2, 0.25) is 0 Å². The number of hydrogen-bond acceptors (Lipinski definition) is 4. The van der Waals surface area contributed by atoms with Gasteiger partial charge in [-0.15, -0.1) is 0 Å². The van der Waals surface area contributed by atoms with Gasteiger partial charge in [0.15, 0.2) is 5.13 Å². The minimum atomic E-state index is -0.510. The topological polar surface area (TPSA) is 83.1 Å². The van der Waals surface area contributed by atoms with Crippen LogP contribution in [0.5, 0.6) is 0 Å². The van der Waals surface area contributed by atoms with Crippen molar-refractivity contribution in [2.24, 2.45) is 5.92 Å². The number of rotatable bonds is 5. The fraction of sp³-hybridized carbons (Fsp3) is 0.312. The predicted octanol–water partition coefficient (Wildman–Crippen LogP) is 3.62. The van der Waals surface area contributed by atoms with Gasteiger partial charge in [-0.25, -0.2) is 14.2 Å². The van der Waals surface area contributed by atoms with Crippen LogP contribution in [0.1, 0.15) is 29.2 Å². The molecule has 0 unspecified atom stereocenters. The van der Waals surface area contributed by atoms with E-state index in [1.807, 2.05) is 13.8 Å². The van der Waals surface area contributed by atoms with Crippen molar-refractivity contribution < 1.29 is 14.0 Å². The van der Waals surface area contributed by atoms with Crippen molar-refractivity contribution in [1.29, 1.82) is 0 Å². The highest BCUT2D eigenvalue weighted by Crippen LogP contribution is 2.22. The molecule has 1 heterocycles. The molecule has 8 heteroatoms. The van der Waals surface area contributed by atoms with E-state index in [4.69, 9.17) is 0 Å². The first-order valence-corrected chi connectivity index (χ1v) is 8.26. The molecule has 3 amide bonds. The first kappa shape index (κ1) is 17.9. The molecule has 0 saturated carbocycles. The zero-order valence-electron chi connectivity index (χ0n) is 13.6. The molecule has 1 aromatic heterocycles. The van der Waals surface area contributed by atoms with Gasteiger partial charge in [-0.2, -0.15) is 0 Å². The van der Waals surface area contributed by atoms with Crippen LogP contribution < -0.4 is 16.0 Å². The van der Waals surface area contributed by atoms with Gasteiger partial charge in [-0.05, 0) is 37.1 Å². The molecule has 0 atom stereocenters. The molecule has 0 aliphatic heterocycles. The number of aryl methyl sites for hydroxylation is 1. The second-order valence-corrected chi connectivity index (χ2v) is 6.62. The van der Waals surface area contributed by atoms with Crippen LogP contribution in [0, 0.1) is 18.7 Å². The van der Waals surface area contributed by atoms with Crippen LogP contribution in [0.4, 0.5) is 20.0 Å². The minimum absolute atomic E-state index is 0.203. The van der Waals surface area contributed by atoms with Gasteiger partial charge in [0.2, 0.25) is 0 Å². The number of hydrogen-bond donors (Lipinski definition) is 3. The van der Waals surface area contributed by atoms with Crippen LogP contribution in [-0.2, 0) is 0 Å². The maximum atomic E-state index is 12.8. The first-order chi connectivity index (χ1) is 11.3. The minimum Gasteiger partial charge on any atom is -0.351 e. The molecule has 6 nitrogen and oxygen atoms in total. The number of nitrogens with one attached hydrogen (secondary N) is 3. The first-order valence-electron chi connectivity index (χ1n) is 7.44. The average Bonchev–Trinajstić information content (AvgIpc) is 2.87. The number of nitrogens with zero attached hydrogens (tertiary/aromatic N) is 1. The molecule has 0 aliphatic rings. The lowest BCUT2D eigenvalue weighted by molar-refractivity contribution is 0.0952. The molecule has 0 aliphatic carbocycles. The van der Waals surface area contributed by atoms with E-state index >= 15 is 0 Å². The Kier molecular flexibility index (Phi) is 5.86. The van der Waals surface area contributed by atoms with Crippen molar-refractivity contribution >= 4 is 34.1 Å². The molecule has 0 saturated heterocycles. The number of urea groups is 1. The molecule has 128 valence electrons. The third kappa shape index (κ3) is 5.02. The van der Waals surface area contributed by atoms with E-state index in [0.29, 0.717) is 33.9 Å². The monoisotopic (exact) mass is 350 g/mol. The Balaban J connectivity index is 1.97. The molecule has 1 aromatic carbocycles. The maximum Gasteiger partial charge on any atom is 0.325 e. The highest BCUT2D eigenvalue weighted by Gasteiger charge is 2.16. The summed E-state index contributed by atoms with van der Waals surface area (Å²) in [5.74, 6) is -0.236. The number of carbonyl (C=O) groups excluding carboxylic acids is 2. The summed E-state index contributed by atoms with van der Waals surface area (Å²) in [6.45, 7) is 6.30. The van der Waals surface area contributed by atoms with E-state index in [1.165, 1.54) is 24.3 Å². The van der Waals surface area contributed by atoms with Gasteiger partial charge < -0.3 is 10.6 Å². The quantitative estimate of drug-likeness (QED) is 0.770. The summed E-state index contributed by atoms with van der Waals surface area (Å²) in [6, 6.07) is 4.89. The lowest BCUT2D eigenvalue weighted by Crippen LogP contribution is -2.27. The van der Waals surface area contributed by atoms with Gasteiger partial charge >= 0.3 is 6.03 Å². The number of aromatic nitrogens is 1. The Morgan fingerprint density at radius 2 is 1.88 bits per heavy atom. The summed E-state index contributed by atoms with van der Waals surface area (Å²) in [5, 5.41) is 8.27. The van der Waals surface area contributed by atoms with Crippen molar-refractivity contribution in [3.63, 3.8) is 0 Å². The average molecular weight is 350 g/mol. The second kappa shape index (κ2) is 7.87. The standard InChI is InChI=1S/C16H19FN4O2S/c1-9(2)8-18-14(22)13-10(3)19-16(24-13)21-15(23)20-12-6-4-11(17)5-7-12/h4-7,9H,8H2,1-3H3,(H,18,22)(H2,19,20,21,23). The van der Waals surface area contributed by atoms with Gasteiger partial charge in [0.25, 0.3) is 5.91 Å². The van der Waals surface area contributed by atoms with Crippen LogP contribution in [0.25, 0.3) is 0 Å². The van der Waals surface area contributed by atoms with Gasteiger partial charge in [-0.1, -0.05) is 25.2 Å². The van der Waals surface area contributed by atoms with Crippen molar-refractivity contribution in [3.8, 4) is 0 Å². The fourth-order valence-corrected chi connectivity index (χ4v) is 2.71. The maximum absolute atomic E-state index is 12.8. The Labute approximate surface area is 143 Å². The number of halogens is 1. The largest absolute Gasteiger partial charge is 0.351 e. The van der Waals surface area contributed by atoms with Gasteiger partial charge in [0.1, 0.15) is 10.7 Å². The van der Waals surface area contributed by atoms with Crippen molar-refractivity contribution in [1.82, 2.24) is 10.3 Å². The third-order valence-corrected chi connectivity index (χ3v) is 4.07. The molecule has 3 N–H and O–H groups in total. The summed E-state index contributed by atoms with van der Waals surface area (Å²) in [7, 11) is 0. The third-order valence-electron chi connectivity index (χ3n) is 3.00. The lowest BCUT2D eigenvalue weighted by Gasteiger charge is -2.06. The summed E-state index contributed by atoms with van der Waals surface area (Å²) in [5.41, 5.74) is 1.01. The molecular formula is C16H19FN4O2S. The SMILES string of the molecule is Cc1nc(NC(=O)Nc2ccc(F)cc2)sc1C(=O)NCC(C)C. The lowest BCUT2D eigenvalue weighted by atomic mass is 10.2. The Morgan fingerprint density at radius 3 is 2.50 bits per heavy atom. The summed E-state index contributed by atoms with van der Waals surface area (Å²) >= 11 is 1.11. The molecule has 0 radical (unpaired) electrons. The normalized spacial score (nSPS) is 10.5. The van der Waals surface area contributed by atoms with Crippen LogP contribution in [-0.4, -0.2) is 23.5 Å². The van der Waals surface area contributed by atoms with Crippen molar-refractivity contribution in [2.45, 2.75) is 20.8 Å². The Morgan fingerprint density at radius 1 is 1.21 bits per heavy atom. The number of thiazole rings is 1. The van der Waals surface area contributed by atoms with Crippen molar-refractivity contribution in [3.05, 3.63) is 40.7 Å². The van der Waals surface area contributed by atoms with Gasteiger partial charge in [-0.3, -0.25) is 10.1 Å². The Bertz CT molecular complexity index is 728. The highest BCUT2D eigenvalue weighted by atomic mass is 32.1. The molecule has 0 spiro atoms. The number of amides is 3. The van der Waals surface area contributed by atoms with Gasteiger partial charge in [0, 0.05) is 12.2 Å². The molecule has 24 heavy (non-hydrogen) atoms. The molecule has 0 bridgehead atoms. The van der Waals surface area contributed by atoms with Crippen LogP contribution >= 0.6 is 11.3 Å². The zero-order chi connectivity index (χ0) is 17.7. The van der Waals surface area contributed by atoms with Crippen LogP contribution in [0.15, 0.2) is 24.3 Å². The van der Waals surface area contributed by atoms with E-state index in [2.05, 4.69) is 20.9 Å². The Hall–Kier alpha value is -2.48. The molecule has 2 aromatic rings. The van der Waals surface area contributed by atoms with Crippen LogP contribution in [0.3, 0.4) is 0 Å². The second-order valence-electron chi connectivity index (χ2n) is 5.62. The van der Waals surface area contributed by atoms with E-state index in [0.717, 1.165) is 11.3 Å². The number of benzene rings is 1. The summed E-state index contributed by atoms with van der Waals surface area (Å²) in [4.78, 5) is 28.7. The molecular weight excluding hydrogens is 331 g/mol. The summed E-state index contributed by atoms with van der Waals surface area (Å²) in [6.07, 6.45) is 0. The predicted molar refractivity (Wildman–Crippen MR) is 93.1 cm³/mol. The number of carbonyl (C=O) groups is 2. The van der Waals surface area contributed by atoms with E-state index in [-0.39, 0.29) is 11.7 Å². The number of anilines is 2. The molecule has 0 fully saturated rings. The fourth-order valence-electron chi connectivity index (χ4n) is 1.83. The smallest absolute Gasteiger partial charge is 0.325 e. The molecule has 2 rings (SSSR count). The van der Waals surface area contributed by atoms with Gasteiger partial charge in [0.05, 0.1) is 5.69 Å². The zero-order valence-corrected chi connectivity index (χ0v) is 14.5. The van der Waals surface area contributed by atoms with E-state index < -0.39 is 6.03 Å².